The first-order valence-corrected chi connectivity index (χ1v) is 9.02. The second kappa shape index (κ2) is 7.93. The molecule has 130 valence electrons. The summed E-state index contributed by atoms with van der Waals surface area (Å²) in [7, 11) is 0. The van der Waals surface area contributed by atoms with Gasteiger partial charge in [-0.1, -0.05) is 33.6 Å². The lowest BCUT2D eigenvalue weighted by molar-refractivity contribution is -0.145. The van der Waals surface area contributed by atoms with E-state index in [9.17, 15) is 9.59 Å². The normalized spacial score (nSPS) is 23.2. The molecule has 0 unspecified atom stereocenters. The van der Waals surface area contributed by atoms with Crippen molar-refractivity contribution in [2.24, 2.45) is 16.4 Å². The van der Waals surface area contributed by atoms with Gasteiger partial charge in [-0.3, -0.25) is 9.59 Å². The van der Waals surface area contributed by atoms with E-state index in [1.54, 1.807) is 4.90 Å². The lowest BCUT2D eigenvalue weighted by atomic mass is 9.72. The highest BCUT2D eigenvalue weighted by Crippen LogP contribution is 2.36. The zero-order valence-electron chi connectivity index (χ0n) is 14.9. The van der Waals surface area contributed by atoms with Gasteiger partial charge in [0.05, 0.1) is 0 Å². The fraction of sp³-hybridized carbons (Fsp3) is 0.833. The molecular formula is C18H31N3O2. The van der Waals surface area contributed by atoms with Crippen molar-refractivity contribution >= 4 is 17.5 Å². The van der Waals surface area contributed by atoms with Crippen molar-refractivity contribution in [3.05, 3.63) is 0 Å². The van der Waals surface area contributed by atoms with Crippen LogP contribution in [0.3, 0.4) is 0 Å². The van der Waals surface area contributed by atoms with E-state index in [0.29, 0.717) is 24.4 Å². The Bertz CT molecular complexity index is 447. The van der Waals surface area contributed by atoms with Crippen molar-refractivity contribution in [1.82, 2.24) is 10.3 Å². The molecule has 1 aliphatic carbocycles. The van der Waals surface area contributed by atoms with Gasteiger partial charge < -0.3 is 4.90 Å². The van der Waals surface area contributed by atoms with Gasteiger partial charge in [-0.2, -0.15) is 5.10 Å². The van der Waals surface area contributed by atoms with E-state index in [1.165, 1.54) is 0 Å². The topological polar surface area (TPSA) is 61.8 Å². The van der Waals surface area contributed by atoms with E-state index in [0.717, 1.165) is 57.1 Å². The number of nitrogens with zero attached hydrogens (tertiary/aromatic N) is 2. The van der Waals surface area contributed by atoms with Crippen LogP contribution in [0, 0.1) is 11.3 Å². The van der Waals surface area contributed by atoms with Gasteiger partial charge in [-0.05, 0) is 49.9 Å². The summed E-state index contributed by atoms with van der Waals surface area (Å²) in [5.41, 5.74) is 3.83. The Hall–Kier alpha value is -1.39. The molecule has 0 bridgehead atoms. The maximum atomic E-state index is 12.2. The highest BCUT2D eigenvalue weighted by atomic mass is 16.2. The Morgan fingerprint density at radius 2 is 1.61 bits per heavy atom. The SMILES string of the molecule is CC(C)(C)C1CCC(=NNC(=O)C(=O)N2CCCCCC2)CC1. The standard InChI is InChI=1S/C18H31N3O2/c1-18(2,3)14-8-10-15(11-9-14)19-20-16(22)17(23)21-12-6-4-5-7-13-21/h14H,4-13H2,1-3H3,(H,20,22). The minimum absolute atomic E-state index is 0.331. The van der Waals surface area contributed by atoms with Crippen LogP contribution in [-0.4, -0.2) is 35.5 Å². The molecule has 1 saturated carbocycles. The molecule has 2 aliphatic rings. The van der Waals surface area contributed by atoms with Crippen LogP contribution in [0.5, 0.6) is 0 Å². The number of carbonyl (C=O) groups is 2. The quantitative estimate of drug-likeness (QED) is 0.596. The third kappa shape index (κ3) is 5.33. The number of likely N-dealkylation sites (tertiary alicyclic amines) is 1. The number of carbonyl (C=O) groups excluding carboxylic acids is 2. The van der Waals surface area contributed by atoms with Crippen molar-refractivity contribution < 1.29 is 9.59 Å². The molecule has 1 aliphatic heterocycles. The van der Waals surface area contributed by atoms with Gasteiger partial charge in [-0.15, -0.1) is 0 Å². The van der Waals surface area contributed by atoms with Gasteiger partial charge in [0.1, 0.15) is 0 Å². The van der Waals surface area contributed by atoms with E-state index < -0.39 is 11.8 Å². The molecular weight excluding hydrogens is 290 g/mol. The zero-order valence-corrected chi connectivity index (χ0v) is 14.9. The van der Waals surface area contributed by atoms with Crippen LogP contribution in [0.25, 0.3) is 0 Å². The molecule has 2 amide bonds. The van der Waals surface area contributed by atoms with E-state index in [-0.39, 0.29) is 0 Å². The maximum absolute atomic E-state index is 12.2. The lowest BCUT2D eigenvalue weighted by Crippen LogP contribution is -2.42. The first-order chi connectivity index (χ1) is 10.9. The second-order valence-electron chi connectivity index (χ2n) is 7.97. The van der Waals surface area contributed by atoms with Gasteiger partial charge in [0.25, 0.3) is 0 Å². The van der Waals surface area contributed by atoms with Crippen molar-refractivity contribution in [3.8, 4) is 0 Å². The molecule has 0 spiro atoms. The minimum atomic E-state index is -0.586. The smallest absolute Gasteiger partial charge is 0.329 e. The van der Waals surface area contributed by atoms with Crippen LogP contribution in [0.2, 0.25) is 0 Å². The van der Waals surface area contributed by atoms with Crippen LogP contribution in [0.1, 0.15) is 72.1 Å². The van der Waals surface area contributed by atoms with Crippen molar-refractivity contribution in [2.45, 2.75) is 72.1 Å². The highest BCUT2D eigenvalue weighted by Gasteiger charge is 2.28. The van der Waals surface area contributed by atoms with Crippen LogP contribution >= 0.6 is 0 Å². The molecule has 0 aromatic rings. The van der Waals surface area contributed by atoms with E-state index >= 15 is 0 Å². The molecule has 1 N–H and O–H groups in total. The van der Waals surface area contributed by atoms with Gasteiger partial charge in [0.15, 0.2) is 0 Å². The second-order valence-corrected chi connectivity index (χ2v) is 7.97. The van der Waals surface area contributed by atoms with Crippen LogP contribution in [-0.2, 0) is 9.59 Å². The number of nitrogens with one attached hydrogen (secondary N) is 1. The number of hydrogen-bond acceptors (Lipinski definition) is 3. The van der Waals surface area contributed by atoms with E-state index in [2.05, 4.69) is 31.3 Å². The minimum Gasteiger partial charge on any atom is -0.334 e. The molecule has 0 atom stereocenters. The van der Waals surface area contributed by atoms with E-state index in [4.69, 9.17) is 0 Å². The summed E-state index contributed by atoms with van der Waals surface area (Å²) in [6, 6.07) is 0. The molecule has 0 aromatic heterocycles. The van der Waals surface area contributed by atoms with Crippen molar-refractivity contribution in [2.75, 3.05) is 13.1 Å². The Morgan fingerprint density at radius 1 is 1.04 bits per heavy atom. The monoisotopic (exact) mass is 321 g/mol. The maximum Gasteiger partial charge on any atom is 0.329 e. The predicted octanol–water partition coefficient (Wildman–Crippen LogP) is 3.10. The summed E-state index contributed by atoms with van der Waals surface area (Å²) in [6.07, 6.45) is 8.31. The highest BCUT2D eigenvalue weighted by molar-refractivity contribution is 6.35. The largest absolute Gasteiger partial charge is 0.334 e. The summed E-state index contributed by atoms with van der Waals surface area (Å²) in [6.45, 7) is 8.22. The number of amides is 2. The van der Waals surface area contributed by atoms with Crippen molar-refractivity contribution in [3.63, 3.8) is 0 Å². The van der Waals surface area contributed by atoms with Crippen LogP contribution < -0.4 is 5.43 Å². The Kier molecular flexibility index (Phi) is 6.19. The summed E-state index contributed by atoms with van der Waals surface area (Å²) >= 11 is 0. The molecule has 2 rings (SSSR count). The zero-order chi connectivity index (χ0) is 16.9. The third-order valence-electron chi connectivity index (χ3n) is 5.19. The number of rotatable bonds is 1. The molecule has 23 heavy (non-hydrogen) atoms. The lowest BCUT2D eigenvalue weighted by Gasteiger charge is -2.34. The summed E-state index contributed by atoms with van der Waals surface area (Å²) in [4.78, 5) is 25.8. The third-order valence-corrected chi connectivity index (χ3v) is 5.19. The predicted molar refractivity (Wildman–Crippen MR) is 92.0 cm³/mol. The number of hydrogen-bond donors (Lipinski definition) is 1. The van der Waals surface area contributed by atoms with Gasteiger partial charge in [-0.25, -0.2) is 5.43 Å². The Balaban J connectivity index is 1.80. The fourth-order valence-electron chi connectivity index (χ4n) is 3.52. The van der Waals surface area contributed by atoms with Gasteiger partial charge in [0, 0.05) is 18.8 Å². The summed E-state index contributed by atoms with van der Waals surface area (Å²) in [5.74, 6) is -0.312. The average molecular weight is 321 g/mol. The van der Waals surface area contributed by atoms with Crippen molar-refractivity contribution in [1.29, 1.82) is 0 Å². The Labute approximate surface area is 139 Å². The van der Waals surface area contributed by atoms with Gasteiger partial charge in [0.2, 0.25) is 0 Å². The summed E-state index contributed by atoms with van der Waals surface area (Å²) in [5, 5.41) is 4.21. The fourth-order valence-corrected chi connectivity index (χ4v) is 3.52. The van der Waals surface area contributed by atoms with E-state index in [1.807, 2.05) is 0 Å². The molecule has 5 heteroatoms. The first kappa shape index (κ1) is 18.0. The van der Waals surface area contributed by atoms with Gasteiger partial charge >= 0.3 is 11.8 Å². The molecule has 1 saturated heterocycles. The molecule has 0 aromatic carbocycles. The van der Waals surface area contributed by atoms with Crippen LogP contribution in [0.15, 0.2) is 5.10 Å². The molecule has 0 radical (unpaired) electrons. The molecule has 2 fully saturated rings. The van der Waals surface area contributed by atoms with Crippen LogP contribution in [0.4, 0.5) is 0 Å². The Morgan fingerprint density at radius 3 is 2.13 bits per heavy atom. The molecule has 5 nitrogen and oxygen atoms in total. The summed E-state index contributed by atoms with van der Waals surface area (Å²) < 4.78 is 0. The molecule has 1 heterocycles. The number of hydrazone groups is 1. The first-order valence-electron chi connectivity index (χ1n) is 9.02. The average Bonchev–Trinajstić information content (AvgIpc) is 2.80.